The van der Waals surface area contributed by atoms with Crippen molar-refractivity contribution in [3.8, 4) is 5.75 Å². The molecule has 0 atom stereocenters. The standard InChI is InChI=1S/C13H21N3O2S.ClH/c1-10-9-11(18-2)12(19-10)13(17)15-5-8-16-6-3-14-4-7-16;/h9,14H,3-8H2,1-2H3,(H,15,17);1H. The molecular formula is C13H22ClN3O2S. The van der Waals surface area contributed by atoms with E-state index in [1.165, 1.54) is 11.3 Å². The van der Waals surface area contributed by atoms with Crippen LogP contribution >= 0.6 is 23.7 Å². The SMILES string of the molecule is COc1cc(C)sc1C(=O)NCCN1CCNCC1.Cl. The highest BCUT2D eigenvalue weighted by Crippen LogP contribution is 2.28. The summed E-state index contributed by atoms with van der Waals surface area (Å²) >= 11 is 1.47. The van der Waals surface area contributed by atoms with Gasteiger partial charge in [0.1, 0.15) is 10.6 Å². The Balaban J connectivity index is 0.00000200. The van der Waals surface area contributed by atoms with Crippen LogP contribution in [-0.2, 0) is 0 Å². The van der Waals surface area contributed by atoms with Gasteiger partial charge in [0.05, 0.1) is 7.11 Å². The molecule has 0 unspecified atom stereocenters. The molecule has 1 aromatic rings. The van der Waals surface area contributed by atoms with Crippen molar-refractivity contribution >= 4 is 29.7 Å². The van der Waals surface area contributed by atoms with Gasteiger partial charge in [-0.05, 0) is 13.0 Å². The van der Waals surface area contributed by atoms with Crippen LogP contribution in [0.5, 0.6) is 5.75 Å². The number of methoxy groups -OCH3 is 1. The van der Waals surface area contributed by atoms with Gasteiger partial charge in [-0.15, -0.1) is 23.7 Å². The van der Waals surface area contributed by atoms with Crippen LogP contribution in [0.2, 0.25) is 0 Å². The number of carbonyl (C=O) groups is 1. The number of hydrogen-bond acceptors (Lipinski definition) is 5. The molecular weight excluding hydrogens is 298 g/mol. The number of rotatable bonds is 5. The molecule has 0 aromatic carbocycles. The average molecular weight is 320 g/mol. The fourth-order valence-electron chi connectivity index (χ4n) is 2.14. The molecule has 5 nitrogen and oxygen atoms in total. The van der Waals surface area contributed by atoms with E-state index in [9.17, 15) is 4.79 Å². The van der Waals surface area contributed by atoms with E-state index >= 15 is 0 Å². The van der Waals surface area contributed by atoms with Crippen molar-refractivity contribution in [3.63, 3.8) is 0 Å². The van der Waals surface area contributed by atoms with Crippen molar-refractivity contribution in [2.45, 2.75) is 6.92 Å². The molecule has 2 rings (SSSR count). The summed E-state index contributed by atoms with van der Waals surface area (Å²) < 4.78 is 5.21. The van der Waals surface area contributed by atoms with Crippen molar-refractivity contribution in [2.24, 2.45) is 0 Å². The van der Waals surface area contributed by atoms with E-state index in [4.69, 9.17) is 4.74 Å². The van der Waals surface area contributed by atoms with Gasteiger partial charge in [-0.3, -0.25) is 9.69 Å². The molecule has 1 fully saturated rings. The first-order valence-electron chi connectivity index (χ1n) is 6.56. The Bertz CT molecular complexity index is 433. The zero-order valence-corrected chi connectivity index (χ0v) is 13.5. The quantitative estimate of drug-likeness (QED) is 0.854. The van der Waals surface area contributed by atoms with Crippen molar-refractivity contribution in [1.82, 2.24) is 15.5 Å². The number of ether oxygens (including phenoxy) is 1. The van der Waals surface area contributed by atoms with Crippen molar-refractivity contribution in [3.05, 3.63) is 15.8 Å². The second kappa shape index (κ2) is 8.46. The molecule has 2 N–H and O–H groups in total. The average Bonchev–Trinajstić information content (AvgIpc) is 2.81. The lowest BCUT2D eigenvalue weighted by atomic mass is 10.3. The van der Waals surface area contributed by atoms with Crippen LogP contribution < -0.4 is 15.4 Å². The molecule has 0 aliphatic carbocycles. The second-order valence-electron chi connectivity index (χ2n) is 4.60. The zero-order chi connectivity index (χ0) is 13.7. The predicted molar refractivity (Wildman–Crippen MR) is 84.5 cm³/mol. The van der Waals surface area contributed by atoms with Gasteiger partial charge in [-0.1, -0.05) is 0 Å². The molecule has 1 amide bonds. The highest BCUT2D eigenvalue weighted by Gasteiger charge is 2.16. The number of halogens is 1. The van der Waals surface area contributed by atoms with Crippen molar-refractivity contribution in [2.75, 3.05) is 46.4 Å². The lowest BCUT2D eigenvalue weighted by Gasteiger charge is -2.27. The van der Waals surface area contributed by atoms with Crippen molar-refractivity contribution < 1.29 is 9.53 Å². The van der Waals surface area contributed by atoms with Crippen LogP contribution in [0.25, 0.3) is 0 Å². The third kappa shape index (κ3) is 4.63. The molecule has 1 aliphatic heterocycles. The molecule has 114 valence electrons. The number of thiophene rings is 1. The van der Waals surface area contributed by atoms with Crippen LogP contribution in [0.3, 0.4) is 0 Å². The summed E-state index contributed by atoms with van der Waals surface area (Å²) in [7, 11) is 1.60. The summed E-state index contributed by atoms with van der Waals surface area (Å²) in [5.41, 5.74) is 0. The second-order valence-corrected chi connectivity index (χ2v) is 5.86. The van der Waals surface area contributed by atoms with Crippen LogP contribution in [0.4, 0.5) is 0 Å². The number of aryl methyl sites for hydroxylation is 1. The summed E-state index contributed by atoms with van der Waals surface area (Å²) in [6, 6.07) is 1.90. The monoisotopic (exact) mass is 319 g/mol. The minimum absolute atomic E-state index is 0. The molecule has 1 saturated heterocycles. The first-order chi connectivity index (χ1) is 9.20. The van der Waals surface area contributed by atoms with E-state index in [1.54, 1.807) is 7.11 Å². The maximum Gasteiger partial charge on any atom is 0.265 e. The maximum atomic E-state index is 12.1. The third-order valence-corrected chi connectivity index (χ3v) is 4.20. The Morgan fingerprint density at radius 2 is 2.20 bits per heavy atom. The largest absolute Gasteiger partial charge is 0.495 e. The van der Waals surface area contributed by atoms with Gasteiger partial charge in [0, 0.05) is 44.1 Å². The number of carbonyl (C=O) groups excluding carboxylic acids is 1. The van der Waals surface area contributed by atoms with Crippen LogP contribution in [0.1, 0.15) is 14.5 Å². The van der Waals surface area contributed by atoms with Crippen molar-refractivity contribution in [1.29, 1.82) is 0 Å². The van der Waals surface area contributed by atoms with Gasteiger partial charge in [0.25, 0.3) is 5.91 Å². The van der Waals surface area contributed by atoms with Gasteiger partial charge in [-0.25, -0.2) is 0 Å². The predicted octanol–water partition coefficient (Wildman–Crippen LogP) is 1.12. The molecule has 7 heteroatoms. The van der Waals surface area contributed by atoms with Crippen LogP contribution in [0, 0.1) is 6.92 Å². The highest BCUT2D eigenvalue weighted by molar-refractivity contribution is 7.14. The Morgan fingerprint density at radius 3 is 2.85 bits per heavy atom. The normalized spacial score (nSPS) is 15.5. The van der Waals surface area contributed by atoms with E-state index in [2.05, 4.69) is 15.5 Å². The van der Waals surface area contributed by atoms with Gasteiger partial charge in [-0.2, -0.15) is 0 Å². The lowest BCUT2D eigenvalue weighted by Crippen LogP contribution is -2.46. The number of amides is 1. The molecule has 1 aliphatic rings. The fourth-order valence-corrected chi connectivity index (χ4v) is 3.04. The van der Waals surface area contributed by atoms with Crippen LogP contribution in [-0.4, -0.2) is 57.2 Å². The first kappa shape index (κ1) is 17.2. The smallest absolute Gasteiger partial charge is 0.265 e. The summed E-state index contributed by atoms with van der Waals surface area (Å²) in [5.74, 6) is 0.632. The lowest BCUT2D eigenvalue weighted by molar-refractivity contribution is 0.0948. The summed E-state index contributed by atoms with van der Waals surface area (Å²) in [5, 5.41) is 6.28. The molecule has 0 spiro atoms. The zero-order valence-electron chi connectivity index (χ0n) is 11.9. The summed E-state index contributed by atoms with van der Waals surface area (Å²) in [4.78, 5) is 16.2. The maximum absolute atomic E-state index is 12.1. The Hall–Kier alpha value is -0.820. The molecule has 0 bridgehead atoms. The molecule has 0 radical (unpaired) electrons. The summed E-state index contributed by atoms with van der Waals surface area (Å²) in [6.45, 7) is 7.73. The van der Waals surface area contributed by atoms with E-state index in [0.717, 1.165) is 37.6 Å². The fraction of sp³-hybridized carbons (Fsp3) is 0.615. The van der Waals surface area contributed by atoms with Gasteiger partial charge in [0.2, 0.25) is 0 Å². The Labute approximate surface area is 130 Å². The third-order valence-electron chi connectivity index (χ3n) is 3.17. The number of nitrogens with one attached hydrogen (secondary N) is 2. The Kier molecular flexibility index (Phi) is 7.29. The molecule has 20 heavy (non-hydrogen) atoms. The highest BCUT2D eigenvalue weighted by atomic mass is 35.5. The minimum atomic E-state index is -0.0370. The molecule has 1 aromatic heterocycles. The van der Waals surface area contributed by atoms with E-state index < -0.39 is 0 Å². The number of piperazine rings is 1. The van der Waals surface area contributed by atoms with Gasteiger partial charge < -0.3 is 15.4 Å². The van der Waals surface area contributed by atoms with Gasteiger partial charge >= 0.3 is 0 Å². The topological polar surface area (TPSA) is 53.6 Å². The van der Waals surface area contributed by atoms with E-state index in [0.29, 0.717) is 17.2 Å². The van der Waals surface area contributed by atoms with E-state index in [1.807, 2.05) is 13.0 Å². The number of hydrogen-bond donors (Lipinski definition) is 2. The summed E-state index contributed by atoms with van der Waals surface area (Å²) in [6.07, 6.45) is 0. The Morgan fingerprint density at radius 1 is 1.50 bits per heavy atom. The van der Waals surface area contributed by atoms with E-state index in [-0.39, 0.29) is 18.3 Å². The van der Waals surface area contributed by atoms with Gasteiger partial charge in [0.15, 0.2) is 0 Å². The van der Waals surface area contributed by atoms with Crippen LogP contribution in [0.15, 0.2) is 6.07 Å². The minimum Gasteiger partial charge on any atom is -0.495 e. The number of nitrogens with zero attached hydrogens (tertiary/aromatic N) is 1. The first-order valence-corrected chi connectivity index (χ1v) is 7.38. The molecule has 2 heterocycles. The molecule has 0 saturated carbocycles.